The molecule has 6 rings (SSSR count). The van der Waals surface area contributed by atoms with E-state index in [1.807, 2.05) is 0 Å². The molecule has 3 atom stereocenters. The average molecular weight is 643 g/mol. The van der Waals surface area contributed by atoms with Gasteiger partial charge < -0.3 is 34.8 Å². The fourth-order valence-corrected chi connectivity index (χ4v) is 7.53. The molecule has 0 amide bonds. The summed E-state index contributed by atoms with van der Waals surface area (Å²) in [5.41, 5.74) is 4.74. The maximum absolute atomic E-state index is 9.75. The van der Waals surface area contributed by atoms with Gasteiger partial charge in [0, 0.05) is 74.3 Å². The van der Waals surface area contributed by atoms with Gasteiger partial charge in [0.15, 0.2) is 5.11 Å². The second-order valence-electron chi connectivity index (χ2n) is 12.8. The van der Waals surface area contributed by atoms with Crippen molar-refractivity contribution in [3.8, 4) is 12.1 Å². The van der Waals surface area contributed by atoms with Crippen molar-refractivity contribution in [3.63, 3.8) is 0 Å². The Bertz CT molecular complexity index is 1570. The van der Waals surface area contributed by atoms with Crippen LogP contribution in [0.5, 0.6) is 6.01 Å². The first-order valence-electron chi connectivity index (χ1n) is 16.6. The van der Waals surface area contributed by atoms with Crippen LogP contribution in [0.2, 0.25) is 0 Å². The number of likely N-dealkylation sites (N-methyl/N-ethyl adjacent to an activating group) is 1. The van der Waals surface area contributed by atoms with Gasteiger partial charge in [-0.1, -0.05) is 30.3 Å². The van der Waals surface area contributed by atoms with E-state index in [1.54, 1.807) is 7.11 Å². The van der Waals surface area contributed by atoms with Crippen molar-refractivity contribution in [2.45, 2.75) is 57.7 Å². The molecule has 3 aliphatic rings. The molecule has 4 heterocycles. The summed E-state index contributed by atoms with van der Waals surface area (Å²) in [7, 11) is 3.84. The van der Waals surface area contributed by atoms with E-state index in [2.05, 4.69) is 81.8 Å². The van der Waals surface area contributed by atoms with Gasteiger partial charge in [0.1, 0.15) is 12.4 Å². The van der Waals surface area contributed by atoms with Crippen LogP contribution in [0.15, 0.2) is 36.4 Å². The molecule has 3 aliphatic heterocycles. The van der Waals surface area contributed by atoms with Crippen molar-refractivity contribution >= 4 is 39.6 Å². The van der Waals surface area contributed by atoms with Crippen LogP contribution >= 0.6 is 12.2 Å². The van der Waals surface area contributed by atoms with Crippen LogP contribution in [0, 0.1) is 24.2 Å². The van der Waals surface area contributed by atoms with Gasteiger partial charge in [0.25, 0.3) is 0 Å². The number of nitrogens with one attached hydrogen (secondary N) is 2. The molecule has 2 aromatic carbocycles. The van der Waals surface area contributed by atoms with Crippen LogP contribution in [-0.4, -0.2) is 92.2 Å². The number of methoxy groups -OCH3 is 1. The van der Waals surface area contributed by atoms with Gasteiger partial charge in [-0.2, -0.15) is 15.2 Å². The van der Waals surface area contributed by atoms with Crippen LogP contribution in [0.1, 0.15) is 42.5 Å². The first-order valence-corrected chi connectivity index (χ1v) is 17.0. The number of fused-ring (bicyclic) bond motifs is 2. The van der Waals surface area contributed by atoms with Gasteiger partial charge in [-0.25, -0.2) is 0 Å². The molecule has 46 heavy (non-hydrogen) atoms. The molecular weight excluding hydrogens is 597 g/mol. The minimum Gasteiger partial charge on any atom is -0.462 e. The van der Waals surface area contributed by atoms with Gasteiger partial charge in [0.2, 0.25) is 0 Å². The molecule has 2 N–H and O–H groups in total. The van der Waals surface area contributed by atoms with Crippen LogP contribution < -0.4 is 25.2 Å². The van der Waals surface area contributed by atoms with Crippen molar-refractivity contribution in [1.29, 1.82) is 5.26 Å². The zero-order valence-corrected chi connectivity index (χ0v) is 28.1. The number of nitrogens with zero attached hydrogens (tertiary/aromatic N) is 6. The molecular formula is C35H46N8O2S. The Morgan fingerprint density at radius 2 is 1.96 bits per heavy atom. The SMILES string of the molecule is COCCNC(=S)NC1CCN(c2nc(OC[C@@H]3CCCN3C)nc3c2CCN(c2cccc4cccc(C)c24)C3)C[C@@H]1CC#N. The van der Waals surface area contributed by atoms with E-state index < -0.39 is 0 Å². The van der Waals surface area contributed by atoms with Crippen molar-refractivity contribution < 1.29 is 9.47 Å². The zero-order valence-electron chi connectivity index (χ0n) is 27.3. The number of ether oxygens (including phenoxy) is 2. The molecule has 0 bridgehead atoms. The highest BCUT2D eigenvalue weighted by Crippen LogP contribution is 2.36. The smallest absolute Gasteiger partial charge is 0.318 e. The highest BCUT2D eigenvalue weighted by Gasteiger charge is 2.34. The van der Waals surface area contributed by atoms with E-state index in [9.17, 15) is 5.26 Å². The van der Waals surface area contributed by atoms with Crippen molar-refractivity contribution in [1.82, 2.24) is 25.5 Å². The maximum atomic E-state index is 9.75. The second kappa shape index (κ2) is 14.8. The third kappa shape index (κ3) is 7.14. The molecule has 244 valence electrons. The lowest BCUT2D eigenvalue weighted by molar-refractivity contribution is 0.187. The Hall–Kier alpha value is -3.72. The summed E-state index contributed by atoms with van der Waals surface area (Å²) in [5, 5.41) is 19.6. The number of rotatable bonds is 10. The predicted octanol–water partition coefficient (Wildman–Crippen LogP) is 4.19. The number of benzene rings is 2. The molecule has 0 aliphatic carbocycles. The topological polar surface area (TPSA) is 102 Å². The molecule has 1 aromatic heterocycles. The lowest BCUT2D eigenvalue weighted by Gasteiger charge is -2.41. The number of aromatic nitrogens is 2. The summed E-state index contributed by atoms with van der Waals surface area (Å²) in [6, 6.07) is 16.4. The summed E-state index contributed by atoms with van der Waals surface area (Å²) >= 11 is 5.56. The quantitative estimate of drug-likeness (QED) is 0.246. The standard InChI is InChI=1S/C35H46N8O2S/c1-24-7-4-8-25-9-5-11-31(32(24)25)42-18-13-28-30(22-42)38-34(45-23-27-10-6-17-41(27)2)40-33(28)43-19-14-29(26(21-43)12-15-36)39-35(46)37-16-20-44-3/h4-5,7-9,11,26-27,29H,6,10,12-14,16-23H2,1-3H3,(H2,37,39,46)/t26-,27-,29?/m0/s1. The van der Waals surface area contributed by atoms with E-state index in [0.717, 1.165) is 50.4 Å². The monoisotopic (exact) mass is 642 g/mol. The van der Waals surface area contributed by atoms with E-state index in [4.69, 9.17) is 31.7 Å². The number of thiocarbonyl (C=S) groups is 1. The number of likely N-dealkylation sites (tertiary alicyclic amines) is 1. The van der Waals surface area contributed by atoms with Crippen molar-refractivity contribution in [2.24, 2.45) is 5.92 Å². The van der Waals surface area contributed by atoms with Crippen LogP contribution in [0.3, 0.4) is 0 Å². The number of aryl methyl sites for hydroxylation is 1. The van der Waals surface area contributed by atoms with E-state index in [0.29, 0.717) is 56.4 Å². The van der Waals surface area contributed by atoms with Crippen molar-refractivity contribution in [3.05, 3.63) is 53.2 Å². The largest absolute Gasteiger partial charge is 0.462 e. The molecule has 0 saturated carbocycles. The summed E-state index contributed by atoms with van der Waals surface area (Å²) in [6.07, 6.45) is 4.44. The summed E-state index contributed by atoms with van der Waals surface area (Å²) in [5.74, 6) is 1.05. The first kappa shape index (κ1) is 32.2. The lowest BCUT2D eigenvalue weighted by atomic mass is 9.89. The maximum Gasteiger partial charge on any atom is 0.318 e. The molecule has 10 nitrogen and oxygen atoms in total. The number of piperidine rings is 1. The van der Waals surface area contributed by atoms with Crippen LogP contribution in [0.4, 0.5) is 11.5 Å². The third-order valence-electron chi connectivity index (χ3n) is 9.83. The zero-order chi connectivity index (χ0) is 32.0. The van der Waals surface area contributed by atoms with Gasteiger partial charge in [0.05, 0.1) is 24.9 Å². The second-order valence-corrected chi connectivity index (χ2v) is 13.2. The molecule has 3 aromatic rings. The van der Waals surface area contributed by atoms with Gasteiger partial charge >= 0.3 is 6.01 Å². The molecule has 11 heteroatoms. The van der Waals surface area contributed by atoms with Gasteiger partial charge in [-0.3, -0.25) is 0 Å². The Morgan fingerprint density at radius 1 is 1.11 bits per heavy atom. The minimum atomic E-state index is 0.0989. The lowest BCUT2D eigenvalue weighted by Crippen LogP contribution is -2.53. The van der Waals surface area contributed by atoms with E-state index in [1.165, 1.54) is 34.0 Å². The molecule has 2 saturated heterocycles. The van der Waals surface area contributed by atoms with Crippen LogP contribution in [-0.2, 0) is 17.7 Å². The number of nitriles is 1. The van der Waals surface area contributed by atoms with Gasteiger partial charge in [-0.15, -0.1) is 0 Å². The first-order chi connectivity index (χ1) is 22.4. The van der Waals surface area contributed by atoms with Crippen molar-refractivity contribution in [2.75, 3.05) is 69.9 Å². The summed E-state index contributed by atoms with van der Waals surface area (Å²) in [4.78, 5) is 17.3. The predicted molar refractivity (Wildman–Crippen MR) is 187 cm³/mol. The number of anilines is 2. The minimum absolute atomic E-state index is 0.0989. The molecule has 2 fully saturated rings. The highest BCUT2D eigenvalue weighted by atomic mass is 32.1. The van der Waals surface area contributed by atoms with E-state index >= 15 is 0 Å². The average Bonchev–Trinajstić information content (AvgIpc) is 3.48. The fourth-order valence-electron chi connectivity index (χ4n) is 7.27. The fraction of sp³-hybridized carbons (Fsp3) is 0.543. The normalized spacial score (nSPS) is 21.6. The van der Waals surface area contributed by atoms with Crippen LogP contribution in [0.25, 0.3) is 10.8 Å². The summed E-state index contributed by atoms with van der Waals surface area (Å²) in [6.45, 7) is 8.19. The Balaban J connectivity index is 1.27. The molecule has 0 spiro atoms. The summed E-state index contributed by atoms with van der Waals surface area (Å²) < 4.78 is 11.5. The Kier molecular flexibility index (Phi) is 10.4. The third-order valence-corrected chi connectivity index (χ3v) is 10.1. The van der Waals surface area contributed by atoms with Gasteiger partial charge in [-0.05, 0) is 75.4 Å². The Morgan fingerprint density at radius 3 is 2.74 bits per heavy atom. The van der Waals surface area contributed by atoms with E-state index in [-0.39, 0.29) is 12.0 Å². The Labute approximate surface area is 278 Å². The molecule has 0 radical (unpaired) electrons. The highest BCUT2D eigenvalue weighted by molar-refractivity contribution is 7.80. The number of hydrogen-bond donors (Lipinski definition) is 2. The number of hydrogen-bond acceptors (Lipinski definition) is 9. The molecule has 1 unspecified atom stereocenters.